The van der Waals surface area contributed by atoms with Crippen LogP contribution in [0.1, 0.15) is 0 Å². The average molecular weight is 274 g/mol. The highest BCUT2D eigenvalue weighted by Crippen LogP contribution is 2.27. The highest BCUT2D eigenvalue weighted by atomic mass is 32.2. The molecule has 90 valence electrons. The Morgan fingerprint density at radius 3 is 2.50 bits per heavy atom. The second-order valence-corrected chi connectivity index (χ2v) is 5.45. The zero-order valence-electron chi connectivity index (χ0n) is 9.66. The molecule has 3 nitrogen and oxygen atoms in total. The maximum atomic E-state index is 5.67. The Labute approximate surface area is 113 Å². The Morgan fingerprint density at radius 2 is 1.83 bits per heavy atom. The van der Waals surface area contributed by atoms with Gasteiger partial charge in [-0.2, -0.15) is 0 Å². The monoisotopic (exact) mass is 274 g/mol. The number of thioether (sulfide) groups is 1. The summed E-state index contributed by atoms with van der Waals surface area (Å²) in [6, 6.07) is 12.0. The number of rotatable bonds is 3. The van der Waals surface area contributed by atoms with Crippen molar-refractivity contribution in [2.45, 2.75) is 4.90 Å². The molecule has 0 atom stereocenters. The van der Waals surface area contributed by atoms with Crippen molar-refractivity contribution < 1.29 is 4.42 Å². The second kappa shape index (κ2) is 4.96. The fourth-order valence-corrected chi connectivity index (χ4v) is 2.63. The largest absolute Gasteiger partial charge is 0.415 e. The number of hydrogen-bond donors (Lipinski definition) is 0. The summed E-state index contributed by atoms with van der Waals surface area (Å²) in [5, 5.41) is 10.1. The predicted molar refractivity (Wildman–Crippen MR) is 74.8 cm³/mol. The molecule has 0 spiro atoms. The Hall–Kier alpha value is -1.59. The van der Waals surface area contributed by atoms with E-state index in [4.69, 9.17) is 4.42 Å². The fraction of sp³-hybridized carbons (Fsp3) is 0.0769. The Balaban J connectivity index is 1.92. The molecule has 0 saturated heterocycles. The van der Waals surface area contributed by atoms with E-state index in [-0.39, 0.29) is 0 Å². The first-order valence-corrected chi connectivity index (χ1v) is 7.49. The van der Waals surface area contributed by atoms with Crippen LogP contribution in [0.2, 0.25) is 0 Å². The maximum absolute atomic E-state index is 5.67. The summed E-state index contributed by atoms with van der Waals surface area (Å²) < 4.78 is 5.67. The van der Waals surface area contributed by atoms with E-state index in [0.29, 0.717) is 11.8 Å². The topological polar surface area (TPSA) is 38.9 Å². The minimum atomic E-state index is 0.561. The van der Waals surface area contributed by atoms with Gasteiger partial charge in [-0.1, -0.05) is 6.07 Å². The first-order valence-electron chi connectivity index (χ1n) is 5.38. The SMILES string of the molecule is CSc1ccc(-c2nnc(-c3cccs3)o2)cc1. The average Bonchev–Trinajstić information content (AvgIpc) is 3.09. The molecule has 0 unspecified atom stereocenters. The number of aromatic nitrogens is 2. The molecule has 18 heavy (non-hydrogen) atoms. The molecule has 0 aliphatic rings. The van der Waals surface area contributed by atoms with Crippen LogP contribution in [0.5, 0.6) is 0 Å². The van der Waals surface area contributed by atoms with Gasteiger partial charge in [0.2, 0.25) is 5.89 Å². The first-order chi connectivity index (χ1) is 8.86. The summed E-state index contributed by atoms with van der Waals surface area (Å²) >= 11 is 3.30. The standard InChI is InChI=1S/C13H10N2OS2/c1-17-10-6-4-9(5-7-10)12-14-15-13(16-12)11-3-2-8-18-11/h2-8H,1H3. The van der Waals surface area contributed by atoms with Gasteiger partial charge >= 0.3 is 0 Å². The van der Waals surface area contributed by atoms with Crippen LogP contribution in [0.3, 0.4) is 0 Å². The maximum Gasteiger partial charge on any atom is 0.258 e. The lowest BCUT2D eigenvalue weighted by atomic mass is 10.2. The van der Waals surface area contributed by atoms with Crippen LogP contribution in [0.4, 0.5) is 0 Å². The summed E-state index contributed by atoms with van der Waals surface area (Å²) in [5.41, 5.74) is 0.947. The van der Waals surface area contributed by atoms with Crippen LogP contribution in [0.25, 0.3) is 22.2 Å². The molecule has 1 aromatic carbocycles. The van der Waals surface area contributed by atoms with Gasteiger partial charge in [0, 0.05) is 10.5 Å². The van der Waals surface area contributed by atoms with Crippen molar-refractivity contribution in [3.05, 3.63) is 41.8 Å². The van der Waals surface area contributed by atoms with E-state index in [1.165, 1.54) is 4.90 Å². The van der Waals surface area contributed by atoms with E-state index in [1.807, 2.05) is 29.6 Å². The molecular weight excluding hydrogens is 264 g/mol. The van der Waals surface area contributed by atoms with Crippen molar-refractivity contribution in [1.82, 2.24) is 10.2 Å². The van der Waals surface area contributed by atoms with Crippen molar-refractivity contribution in [3.63, 3.8) is 0 Å². The summed E-state index contributed by atoms with van der Waals surface area (Å²) in [5.74, 6) is 1.14. The zero-order chi connectivity index (χ0) is 12.4. The molecule has 0 fully saturated rings. The van der Waals surface area contributed by atoms with E-state index >= 15 is 0 Å². The molecule has 0 radical (unpaired) electrons. The van der Waals surface area contributed by atoms with Gasteiger partial charge in [-0.05, 0) is 42.0 Å². The summed E-state index contributed by atoms with van der Waals surface area (Å²) in [7, 11) is 0. The van der Waals surface area contributed by atoms with Crippen LogP contribution >= 0.6 is 23.1 Å². The fourth-order valence-electron chi connectivity index (χ4n) is 1.57. The quantitative estimate of drug-likeness (QED) is 0.671. The highest BCUT2D eigenvalue weighted by Gasteiger charge is 2.10. The molecule has 2 aromatic heterocycles. The molecule has 0 amide bonds. The van der Waals surface area contributed by atoms with Crippen LogP contribution < -0.4 is 0 Å². The third-order valence-corrected chi connectivity index (χ3v) is 4.10. The molecule has 0 aliphatic heterocycles. The van der Waals surface area contributed by atoms with Crippen LogP contribution in [0, 0.1) is 0 Å². The molecule has 2 heterocycles. The van der Waals surface area contributed by atoms with Crippen molar-refractivity contribution in [1.29, 1.82) is 0 Å². The van der Waals surface area contributed by atoms with Crippen molar-refractivity contribution in [2.75, 3.05) is 6.26 Å². The molecule has 0 aliphatic carbocycles. The summed E-state index contributed by atoms with van der Waals surface area (Å²) in [4.78, 5) is 2.21. The van der Waals surface area contributed by atoms with Gasteiger partial charge in [-0.15, -0.1) is 33.3 Å². The number of nitrogens with zero attached hydrogens (tertiary/aromatic N) is 2. The molecule has 3 rings (SSSR count). The Kier molecular flexibility index (Phi) is 3.17. The lowest BCUT2D eigenvalue weighted by Gasteiger charge is -1.97. The van der Waals surface area contributed by atoms with Gasteiger partial charge in [-0.25, -0.2) is 0 Å². The highest BCUT2D eigenvalue weighted by molar-refractivity contribution is 7.98. The molecule has 0 saturated carbocycles. The molecular formula is C13H10N2OS2. The van der Waals surface area contributed by atoms with Gasteiger partial charge in [0.15, 0.2) is 0 Å². The van der Waals surface area contributed by atoms with Gasteiger partial charge in [0.1, 0.15) is 0 Å². The molecule has 0 bridgehead atoms. The lowest BCUT2D eigenvalue weighted by Crippen LogP contribution is -1.77. The smallest absolute Gasteiger partial charge is 0.258 e. The minimum absolute atomic E-state index is 0.561. The van der Waals surface area contributed by atoms with E-state index in [2.05, 4.69) is 28.6 Å². The van der Waals surface area contributed by atoms with Gasteiger partial charge < -0.3 is 4.42 Å². The van der Waals surface area contributed by atoms with Crippen LogP contribution in [0.15, 0.2) is 51.1 Å². The Bertz CT molecular complexity index is 629. The van der Waals surface area contributed by atoms with E-state index in [1.54, 1.807) is 23.1 Å². The van der Waals surface area contributed by atoms with Crippen LogP contribution in [-0.4, -0.2) is 16.5 Å². The van der Waals surface area contributed by atoms with Crippen molar-refractivity contribution in [3.8, 4) is 22.2 Å². The number of benzene rings is 1. The van der Waals surface area contributed by atoms with Gasteiger partial charge in [0.05, 0.1) is 4.88 Å². The van der Waals surface area contributed by atoms with Crippen molar-refractivity contribution >= 4 is 23.1 Å². The number of thiophene rings is 1. The lowest BCUT2D eigenvalue weighted by molar-refractivity contribution is 0.586. The van der Waals surface area contributed by atoms with E-state index in [9.17, 15) is 0 Å². The Morgan fingerprint density at radius 1 is 1.06 bits per heavy atom. The zero-order valence-corrected chi connectivity index (χ0v) is 11.3. The second-order valence-electron chi connectivity index (χ2n) is 3.62. The molecule has 5 heteroatoms. The normalized spacial score (nSPS) is 10.7. The summed E-state index contributed by atoms with van der Waals surface area (Å²) in [6.45, 7) is 0. The van der Waals surface area contributed by atoms with Gasteiger partial charge in [0.25, 0.3) is 5.89 Å². The third kappa shape index (κ3) is 2.19. The van der Waals surface area contributed by atoms with Crippen LogP contribution in [-0.2, 0) is 0 Å². The van der Waals surface area contributed by atoms with Crippen molar-refractivity contribution in [2.24, 2.45) is 0 Å². The number of hydrogen-bond acceptors (Lipinski definition) is 5. The van der Waals surface area contributed by atoms with E-state index < -0.39 is 0 Å². The third-order valence-electron chi connectivity index (χ3n) is 2.49. The predicted octanol–water partition coefficient (Wildman–Crippen LogP) is 4.19. The summed E-state index contributed by atoms with van der Waals surface area (Å²) in [6.07, 6.45) is 2.05. The molecule has 0 N–H and O–H groups in total. The minimum Gasteiger partial charge on any atom is -0.415 e. The van der Waals surface area contributed by atoms with Gasteiger partial charge in [-0.3, -0.25) is 0 Å². The first kappa shape index (κ1) is 11.5. The molecule has 3 aromatic rings. The van der Waals surface area contributed by atoms with E-state index in [0.717, 1.165) is 10.4 Å².